The van der Waals surface area contributed by atoms with Gasteiger partial charge in [0.05, 0.1) is 6.54 Å². The fourth-order valence-electron chi connectivity index (χ4n) is 2.09. The molecule has 0 fully saturated rings. The van der Waals surface area contributed by atoms with Crippen LogP contribution in [-0.2, 0) is 20.1 Å². The summed E-state index contributed by atoms with van der Waals surface area (Å²) in [5, 5.41) is 12.2. The smallest absolute Gasteiger partial charge is 0.194 e. The molecule has 118 valence electrons. The van der Waals surface area contributed by atoms with Crippen molar-refractivity contribution >= 4 is 17.6 Å². The summed E-state index contributed by atoms with van der Waals surface area (Å²) in [5.41, 5.74) is 1.17. The predicted molar refractivity (Wildman–Crippen MR) is 88.9 cm³/mol. The molecule has 1 N–H and O–H groups in total. The Balaban J connectivity index is 1.96. The van der Waals surface area contributed by atoms with E-state index >= 15 is 0 Å². The van der Waals surface area contributed by atoms with Gasteiger partial charge in [-0.15, -0.1) is 10.2 Å². The molecule has 0 aliphatic rings. The molecule has 0 aliphatic heterocycles. The van der Waals surface area contributed by atoms with Gasteiger partial charge in [-0.2, -0.15) is 0 Å². The number of hydrogen-bond acceptors (Lipinski definition) is 3. The van der Waals surface area contributed by atoms with Gasteiger partial charge in [-0.1, -0.05) is 23.7 Å². The highest BCUT2D eigenvalue weighted by atomic mass is 35.5. The van der Waals surface area contributed by atoms with Crippen molar-refractivity contribution in [1.29, 1.82) is 0 Å². The van der Waals surface area contributed by atoms with E-state index in [0.717, 1.165) is 29.2 Å². The lowest BCUT2D eigenvalue weighted by atomic mass is 10.2. The summed E-state index contributed by atoms with van der Waals surface area (Å²) >= 11 is 5.91. The van der Waals surface area contributed by atoms with Gasteiger partial charge in [-0.05, 0) is 24.6 Å². The molecule has 0 spiro atoms. The van der Waals surface area contributed by atoms with Gasteiger partial charge < -0.3 is 14.8 Å². The van der Waals surface area contributed by atoms with Crippen LogP contribution in [0.1, 0.15) is 17.2 Å². The Labute approximate surface area is 135 Å². The van der Waals surface area contributed by atoms with Crippen LogP contribution < -0.4 is 5.32 Å². The molecule has 7 heteroatoms. The Hall–Kier alpha value is -2.08. The molecule has 22 heavy (non-hydrogen) atoms. The number of aliphatic imine (C=N–C) groups is 1. The van der Waals surface area contributed by atoms with Crippen LogP contribution in [-0.4, -0.2) is 39.7 Å². The van der Waals surface area contributed by atoms with Crippen molar-refractivity contribution in [2.24, 2.45) is 12.0 Å². The summed E-state index contributed by atoms with van der Waals surface area (Å²) in [5.74, 6) is 2.57. The minimum Gasteiger partial charge on any atom is -0.349 e. The number of guanidine groups is 1. The molecule has 2 aromatic rings. The van der Waals surface area contributed by atoms with E-state index in [2.05, 4.69) is 20.5 Å². The van der Waals surface area contributed by atoms with E-state index < -0.39 is 0 Å². The predicted octanol–water partition coefficient (Wildman–Crippen LogP) is 1.98. The molecule has 0 saturated carbocycles. The Morgan fingerprint density at radius 1 is 1.32 bits per heavy atom. The fraction of sp³-hybridized carbons (Fsp3) is 0.400. The van der Waals surface area contributed by atoms with Gasteiger partial charge in [-0.25, -0.2) is 0 Å². The van der Waals surface area contributed by atoms with Crippen LogP contribution in [0, 0.1) is 6.92 Å². The summed E-state index contributed by atoms with van der Waals surface area (Å²) in [4.78, 5) is 6.35. The number of hydrogen-bond donors (Lipinski definition) is 1. The largest absolute Gasteiger partial charge is 0.349 e. The molecule has 0 bridgehead atoms. The molecule has 1 heterocycles. The van der Waals surface area contributed by atoms with E-state index in [0.29, 0.717) is 6.54 Å². The number of nitrogens with zero attached hydrogens (tertiary/aromatic N) is 5. The van der Waals surface area contributed by atoms with E-state index in [9.17, 15) is 0 Å². The zero-order valence-corrected chi connectivity index (χ0v) is 14.1. The summed E-state index contributed by atoms with van der Waals surface area (Å²) in [7, 11) is 5.71. The molecular formula is C15H21ClN6. The maximum atomic E-state index is 5.91. The van der Waals surface area contributed by atoms with E-state index in [1.165, 1.54) is 5.56 Å². The number of benzene rings is 1. The fourth-order valence-corrected chi connectivity index (χ4v) is 2.21. The lowest BCUT2D eigenvalue weighted by Crippen LogP contribution is -2.38. The molecule has 0 aliphatic carbocycles. The lowest BCUT2D eigenvalue weighted by Gasteiger charge is -2.22. The summed E-state index contributed by atoms with van der Waals surface area (Å²) in [6.45, 7) is 3.25. The van der Waals surface area contributed by atoms with Crippen LogP contribution in [0.5, 0.6) is 0 Å². The first-order valence-electron chi connectivity index (χ1n) is 7.02. The minimum absolute atomic E-state index is 0.578. The van der Waals surface area contributed by atoms with Crippen LogP contribution in [0.3, 0.4) is 0 Å². The van der Waals surface area contributed by atoms with Crippen LogP contribution >= 0.6 is 11.6 Å². The average Bonchev–Trinajstić information content (AvgIpc) is 2.82. The highest BCUT2D eigenvalue weighted by molar-refractivity contribution is 6.30. The normalized spacial score (nSPS) is 11.6. The molecule has 0 unspecified atom stereocenters. The Morgan fingerprint density at radius 3 is 2.55 bits per heavy atom. The molecule has 1 aromatic carbocycles. The Bertz CT molecular complexity index is 647. The van der Waals surface area contributed by atoms with Crippen LogP contribution in [0.4, 0.5) is 0 Å². The zero-order valence-electron chi connectivity index (χ0n) is 13.3. The van der Waals surface area contributed by atoms with Crippen molar-refractivity contribution in [3.63, 3.8) is 0 Å². The first-order valence-corrected chi connectivity index (χ1v) is 7.40. The number of aryl methyl sites for hydroxylation is 1. The van der Waals surface area contributed by atoms with E-state index in [4.69, 9.17) is 11.6 Å². The zero-order chi connectivity index (χ0) is 16.1. The molecule has 0 amide bonds. The third-order valence-electron chi connectivity index (χ3n) is 3.49. The first-order chi connectivity index (χ1) is 10.5. The molecule has 6 nitrogen and oxygen atoms in total. The number of nitrogens with one attached hydrogen (secondary N) is 1. The van der Waals surface area contributed by atoms with Gasteiger partial charge in [-0.3, -0.25) is 4.99 Å². The topological polar surface area (TPSA) is 58.3 Å². The molecule has 1 aromatic heterocycles. The van der Waals surface area contributed by atoms with Crippen LogP contribution in [0.25, 0.3) is 0 Å². The highest BCUT2D eigenvalue weighted by Gasteiger charge is 2.09. The van der Waals surface area contributed by atoms with Crippen molar-refractivity contribution in [2.45, 2.75) is 20.0 Å². The van der Waals surface area contributed by atoms with Crippen LogP contribution in [0.2, 0.25) is 5.02 Å². The van der Waals surface area contributed by atoms with Gasteiger partial charge >= 0.3 is 0 Å². The monoisotopic (exact) mass is 320 g/mol. The first kappa shape index (κ1) is 16.3. The third-order valence-corrected chi connectivity index (χ3v) is 3.75. The van der Waals surface area contributed by atoms with E-state index in [1.54, 1.807) is 7.05 Å². The second-order valence-corrected chi connectivity index (χ2v) is 5.54. The summed E-state index contributed by atoms with van der Waals surface area (Å²) in [6.07, 6.45) is 0. The van der Waals surface area contributed by atoms with Crippen molar-refractivity contribution in [1.82, 2.24) is 25.0 Å². The SMILES string of the molecule is CN=C(NCc1nnc(C)n1C)N(C)Cc1ccc(Cl)cc1. The van der Waals surface area contributed by atoms with Gasteiger partial charge in [0.15, 0.2) is 11.8 Å². The van der Waals surface area contributed by atoms with Crippen LogP contribution in [0.15, 0.2) is 29.3 Å². The number of aromatic nitrogens is 3. The second-order valence-electron chi connectivity index (χ2n) is 5.11. The minimum atomic E-state index is 0.578. The maximum absolute atomic E-state index is 5.91. The quantitative estimate of drug-likeness (QED) is 0.691. The van der Waals surface area contributed by atoms with Crippen molar-refractivity contribution < 1.29 is 0 Å². The number of halogens is 1. The highest BCUT2D eigenvalue weighted by Crippen LogP contribution is 2.11. The Morgan fingerprint density at radius 2 is 2.00 bits per heavy atom. The van der Waals surface area contributed by atoms with E-state index in [1.807, 2.05) is 54.8 Å². The summed E-state index contributed by atoms with van der Waals surface area (Å²) in [6, 6.07) is 7.81. The summed E-state index contributed by atoms with van der Waals surface area (Å²) < 4.78 is 1.96. The second kappa shape index (κ2) is 7.26. The molecule has 0 radical (unpaired) electrons. The van der Waals surface area contributed by atoms with Gasteiger partial charge in [0.25, 0.3) is 0 Å². The van der Waals surface area contributed by atoms with Crippen molar-refractivity contribution in [2.75, 3.05) is 14.1 Å². The Kier molecular flexibility index (Phi) is 5.38. The van der Waals surface area contributed by atoms with E-state index in [-0.39, 0.29) is 0 Å². The maximum Gasteiger partial charge on any atom is 0.194 e. The average molecular weight is 321 g/mol. The molecule has 2 rings (SSSR count). The number of rotatable bonds is 4. The molecule has 0 atom stereocenters. The standard InChI is InChI=1S/C15H21ClN6/c1-11-19-20-14(22(11)4)9-18-15(17-2)21(3)10-12-5-7-13(16)8-6-12/h5-8H,9-10H2,1-4H3,(H,17,18). The van der Waals surface area contributed by atoms with Gasteiger partial charge in [0.2, 0.25) is 0 Å². The van der Waals surface area contributed by atoms with Crippen molar-refractivity contribution in [3.8, 4) is 0 Å². The molecular weight excluding hydrogens is 300 g/mol. The molecule has 0 saturated heterocycles. The lowest BCUT2D eigenvalue weighted by molar-refractivity contribution is 0.474. The third kappa shape index (κ3) is 3.98. The van der Waals surface area contributed by atoms with Gasteiger partial charge in [0.1, 0.15) is 5.82 Å². The van der Waals surface area contributed by atoms with Crippen molar-refractivity contribution in [3.05, 3.63) is 46.5 Å². The van der Waals surface area contributed by atoms with Gasteiger partial charge in [0, 0.05) is 32.7 Å².